The van der Waals surface area contributed by atoms with Crippen LogP contribution in [0.3, 0.4) is 0 Å². The minimum Gasteiger partial charge on any atom is -0.334 e. The smallest absolute Gasteiger partial charge is 0.0955 e. The highest BCUT2D eigenvalue weighted by molar-refractivity contribution is 7.09. The largest absolute Gasteiger partial charge is 0.334 e. The lowest BCUT2D eigenvalue weighted by molar-refractivity contribution is 0.599. The molecule has 0 spiro atoms. The maximum atomic E-state index is 4.32. The molecule has 16 heavy (non-hydrogen) atoms. The fourth-order valence-corrected chi connectivity index (χ4v) is 1.93. The average molecular weight is 233 g/mol. The van der Waals surface area contributed by atoms with Crippen LogP contribution in [0.5, 0.6) is 0 Å². The average Bonchev–Trinajstić information content (AvgIpc) is 2.83. The first-order valence-electron chi connectivity index (χ1n) is 5.28. The molecule has 3 nitrogen and oxygen atoms in total. The van der Waals surface area contributed by atoms with Gasteiger partial charge >= 0.3 is 0 Å². The second-order valence-electron chi connectivity index (χ2n) is 3.97. The molecule has 0 aliphatic heterocycles. The number of hydrogen-bond donors (Lipinski definition) is 0. The third-order valence-electron chi connectivity index (χ3n) is 2.41. The van der Waals surface area contributed by atoms with Crippen LogP contribution in [-0.4, -0.2) is 14.5 Å². The first-order chi connectivity index (χ1) is 7.66. The zero-order valence-corrected chi connectivity index (χ0v) is 10.5. The Bertz CT molecular complexity index is 494. The number of hydrogen-bond acceptors (Lipinski definition) is 3. The van der Waals surface area contributed by atoms with Crippen molar-refractivity contribution in [2.45, 2.75) is 26.8 Å². The molecule has 4 heteroatoms. The molecule has 2 aromatic heterocycles. The molecular formula is C12H15N3S. The van der Waals surface area contributed by atoms with Crippen molar-refractivity contribution in [1.82, 2.24) is 14.5 Å². The molecule has 84 valence electrons. The lowest BCUT2D eigenvalue weighted by Crippen LogP contribution is -1.95. The SMILES string of the molecule is Cc1scnc1/C=C/c1cn(C(C)C)cn1. The second-order valence-corrected chi connectivity index (χ2v) is 5.03. The summed E-state index contributed by atoms with van der Waals surface area (Å²) in [4.78, 5) is 9.82. The van der Waals surface area contributed by atoms with E-state index in [1.165, 1.54) is 4.88 Å². The highest BCUT2D eigenvalue weighted by Gasteiger charge is 2.00. The summed E-state index contributed by atoms with van der Waals surface area (Å²) in [5.74, 6) is 0. The Morgan fingerprint density at radius 3 is 2.69 bits per heavy atom. The van der Waals surface area contributed by atoms with Gasteiger partial charge in [-0.15, -0.1) is 11.3 Å². The van der Waals surface area contributed by atoms with Crippen LogP contribution in [0.4, 0.5) is 0 Å². The summed E-state index contributed by atoms with van der Waals surface area (Å²) in [5.41, 5.74) is 3.87. The van der Waals surface area contributed by atoms with Crippen molar-refractivity contribution >= 4 is 23.5 Å². The molecule has 0 radical (unpaired) electrons. The minimum absolute atomic E-state index is 0.454. The van der Waals surface area contributed by atoms with Gasteiger partial charge in [0.05, 0.1) is 23.2 Å². The van der Waals surface area contributed by atoms with Crippen molar-refractivity contribution < 1.29 is 0 Å². The van der Waals surface area contributed by atoms with E-state index in [9.17, 15) is 0 Å². The number of thiazole rings is 1. The molecule has 0 N–H and O–H groups in total. The van der Waals surface area contributed by atoms with Crippen molar-refractivity contribution in [2.24, 2.45) is 0 Å². The molecule has 0 aliphatic carbocycles. The Hall–Kier alpha value is -1.42. The van der Waals surface area contributed by atoms with Gasteiger partial charge in [0.1, 0.15) is 0 Å². The van der Waals surface area contributed by atoms with Gasteiger partial charge in [-0.05, 0) is 32.9 Å². The van der Waals surface area contributed by atoms with E-state index in [2.05, 4.69) is 35.3 Å². The van der Waals surface area contributed by atoms with Crippen molar-refractivity contribution in [3.05, 3.63) is 34.3 Å². The van der Waals surface area contributed by atoms with E-state index in [4.69, 9.17) is 0 Å². The monoisotopic (exact) mass is 233 g/mol. The lowest BCUT2D eigenvalue weighted by Gasteiger charge is -2.03. The third kappa shape index (κ3) is 2.39. The Balaban J connectivity index is 2.15. The van der Waals surface area contributed by atoms with Crippen LogP contribution >= 0.6 is 11.3 Å². The van der Waals surface area contributed by atoms with Gasteiger partial charge in [0, 0.05) is 17.1 Å². The molecule has 2 aromatic rings. The van der Waals surface area contributed by atoms with Crippen LogP contribution in [-0.2, 0) is 0 Å². The highest BCUT2D eigenvalue weighted by atomic mass is 32.1. The van der Waals surface area contributed by atoms with E-state index in [1.54, 1.807) is 11.3 Å². The first-order valence-corrected chi connectivity index (χ1v) is 6.16. The normalized spacial score (nSPS) is 11.8. The van der Waals surface area contributed by atoms with Crippen LogP contribution in [0, 0.1) is 6.92 Å². The van der Waals surface area contributed by atoms with E-state index in [-0.39, 0.29) is 0 Å². The molecule has 0 fully saturated rings. The van der Waals surface area contributed by atoms with Gasteiger partial charge in [-0.2, -0.15) is 0 Å². The molecule has 0 atom stereocenters. The van der Waals surface area contributed by atoms with Gasteiger partial charge in [0.2, 0.25) is 0 Å². The maximum absolute atomic E-state index is 4.32. The van der Waals surface area contributed by atoms with Crippen molar-refractivity contribution in [2.75, 3.05) is 0 Å². The summed E-state index contributed by atoms with van der Waals surface area (Å²) in [5, 5.41) is 0. The standard InChI is InChI=1S/C12H15N3S/c1-9(2)15-6-11(13-7-15)4-5-12-10(3)16-8-14-12/h4-9H,1-3H3/b5-4+. The van der Waals surface area contributed by atoms with Crippen LogP contribution in [0.15, 0.2) is 18.0 Å². The molecule has 2 heterocycles. The number of aryl methyl sites for hydroxylation is 1. The van der Waals surface area contributed by atoms with Gasteiger partial charge in [0.25, 0.3) is 0 Å². The minimum atomic E-state index is 0.454. The molecule has 0 saturated heterocycles. The third-order valence-corrected chi connectivity index (χ3v) is 3.19. The van der Waals surface area contributed by atoms with Gasteiger partial charge in [-0.3, -0.25) is 0 Å². The number of imidazole rings is 1. The Kier molecular flexibility index (Phi) is 3.19. The summed E-state index contributed by atoms with van der Waals surface area (Å²) in [6, 6.07) is 0.454. The van der Waals surface area contributed by atoms with Crippen LogP contribution in [0.2, 0.25) is 0 Å². The molecule has 0 amide bonds. The van der Waals surface area contributed by atoms with E-state index in [0.717, 1.165) is 11.4 Å². The van der Waals surface area contributed by atoms with E-state index in [1.807, 2.05) is 30.2 Å². The van der Waals surface area contributed by atoms with Gasteiger partial charge < -0.3 is 4.57 Å². The summed E-state index contributed by atoms with van der Waals surface area (Å²) in [6.45, 7) is 6.35. The van der Waals surface area contributed by atoms with Crippen molar-refractivity contribution in [1.29, 1.82) is 0 Å². The van der Waals surface area contributed by atoms with Crippen LogP contribution in [0.1, 0.15) is 36.2 Å². The van der Waals surface area contributed by atoms with E-state index < -0.39 is 0 Å². The topological polar surface area (TPSA) is 30.7 Å². The van der Waals surface area contributed by atoms with E-state index in [0.29, 0.717) is 6.04 Å². The fraction of sp³-hybridized carbons (Fsp3) is 0.333. The van der Waals surface area contributed by atoms with Gasteiger partial charge in [0.15, 0.2) is 0 Å². The summed E-state index contributed by atoms with van der Waals surface area (Å²) >= 11 is 1.66. The quantitative estimate of drug-likeness (QED) is 0.813. The predicted molar refractivity (Wildman–Crippen MR) is 68.4 cm³/mol. The maximum Gasteiger partial charge on any atom is 0.0955 e. The van der Waals surface area contributed by atoms with E-state index >= 15 is 0 Å². The molecule has 0 saturated carbocycles. The number of rotatable bonds is 3. The van der Waals surface area contributed by atoms with Crippen LogP contribution < -0.4 is 0 Å². The zero-order chi connectivity index (χ0) is 11.5. The number of nitrogens with zero attached hydrogens (tertiary/aromatic N) is 3. The number of aromatic nitrogens is 3. The Morgan fingerprint density at radius 2 is 2.12 bits per heavy atom. The molecule has 0 aromatic carbocycles. The van der Waals surface area contributed by atoms with Gasteiger partial charge in [-0.1, -0.05) is 0 Å². The molecule has 0 unspecified atom stereocenters. The highest BCUT2D eigenvalue weighted by Crippen LogP contribution is 2.14. The molecule has 0 bridgehead atoms. The molecular weight excluding hydrogens is 218 g/mol. The molecule has 0 aliphatic rings. The Morgan fingerprint density at radius 1 is 1.31 bits per heavy atom. The zero-order valence-electron chi connectivity index (χ0n) is 9.71. The summed E-state index contributed by atoms with van der Waals surface area (Å²) in [7, 11) is 0. The Labute approximate surface area is 99.5 Å². The summed E-state index contributed by atoms with van der Waals surface area (Å²) in [6.07, 6.45) is 7.92. The van der Waals surface area contributed by atoms with Crippen molar-refractivity contribution in [3.63, 3.8) is 0 Å². The predicted octanol–water partition coefficient (Wildman–Crippen LogP) is 3.40. The molecule has 2 rings (SSSR count). The van der Waals surface area contributed by atoms with Gasteiger partial charge in [-0.25, -0.2) is 9.97 Å². The van der Waals surface area contributed by atoms with Crippen LogP contribution in [0.25, 0.3) is 12.2 Å². The first kappa shape index (κ1) is 11.1. The van der Waals surface area contributed by atoms with Crippen molar-refractivity contribution in [3.8, 4) is 0 Å². The summed E-state index contributed by atoms with van der Waals surface area (Å²) < 4.78 is 2.09. The lowest BCUT2D eigenvalue weighted by atomic mass is 10.3. The second kappa shape index (κ2) is 4.61. The fourth-order valence-electron chi connectivity index (χ4n) is 1.36.